The minimum atomic E-state index is -3.33. The molecule has 0 aliphatic carbocycles. The van der Waals surface area contributed by atoms with Gasteiger partial charge in [-0.1, -0.05) is 31.2 Å². The fourth-order valence-corrected chi connectivity index (χ4v) is 3.38. The maximum atomic E-state index is 12.3. The number of ether oxygens (including phenoxy) is 1. The first kappa shape index (κ1) is 18.1. The van der Waals surface area contributed by atoms with Crippen molar-refractivity contribution in [1.82, 2.24) is 9.62 Å². The van der Waals surface area contributed by atoms with Gasteiger partial charge in [0.1, 0.15) is 0 Å². The van der Waals surface area contributed by atoms with Crippen molar-refractivity contribution in [3.8, 4) is 0 Å². The molecule has 0 heterocycles. The van der Waals surface area contributed by atoms with Gasteiger partial charge in [0.2, 0.25) is 10.0 Å². The molecular weight excluding hydrogens is 288 g/mol. The zero-order valence-electron chi connectivity index (χ0n) is 13.3. The highest BCUT2D eigenvalue weighted by Crippen LogP contribution is 2.13. The summed E-state index contributed by atoms with van der Waals surface area (Å²) < 4.78 is 31.1. The van der Waals surface area contributed by atoms with Crippen molar-refractivity contribution < 1.29 is 13.2 Å². The second kappa shape index (κ2) is 8.48. The highest BCUT2D eigenvalue weighted by molar-refractivity contribution is 7.88. The average molecular weight is 314 g/mol. The minimum absolute atomic E-state index is 0.0129. The van der Waals surface area contributed by atoms with Gasteiger partial charge in [-0.15, -0.1) is 0 Å². The summed E-state index contributed by atoms with van der Waals surface area (Å²) in [6.45, 7) is 5.99. The molecule has 21 heavy (non-hydrogen) atoms. The van der Waals surface area contributed by atoms with E-state index >= 15 is 0 Å². The monoisotopic (exact) mass is 314 g/mol. The van der Waals surface area contributed by atoms with Crippen LogP contribution in [-0.4, -0.2) is 46.1 Å². The smallest absolute Gasteiger partial charge is 0.218 e. The molecule has 0 saturated heterocycles. The van der Waals surface area contributed by atoms with E-state index in [0.717, 1.165) is 24.2 Å². The maximum absolute atomic E-state index is 12.3. The van der Waals surface area contributed by atoms with Crippen LogP contribution in [0, 0.1) is 0 Å². The second-order valence-corrected chi connectivity index (χ2v) is 7.20. The SMILES string of the molecule is CCNCc1ccc(CS(=O)(=O)N(C)C(C)COC)cc1. The second-order valence-electron chi connectivity index (χ2n) is 5.17. The van der Waals surface area contributed by atoms with Crippen molar-refractivity contribution in [3.05, 3.63) is 35.4 Å². The molecule has 1 unspecified atom stereocenters. The number of sulfonamides is 1. The van der Waals surface area contributed by atoms with E-state index in [4.69, 9.17) is 4.74 Å². The minimum Gasteiger partial charge on any atom is -0.383 e. The summed E-state index contributed by atoms with van der Waals surface area (Å²) in [5, 5.41) is 3.24. The summed E-state index contributed by atoms with van der Waals surface area (Å²) in [7, 11) is -0.162. The van der Waals surface area contributed by atoms with Crippen LogP contribution in [0.2, 0.25) is 0 Å². The van der Waals surface area contributed by atoms with Gasteiger partial charge in [0.05, 0.1) is 12.4 Å². The Kier molecular flexibility index (Phi) is 7.31. The maximum Gasteiger partial charge on any atom is 0.218 e. The number of rotatable bonds is 9. The van der Waals surface area contributed by atoms with Crippen LogP contribution in [0.1, 0.15) is 25.0 Å². The number of hydrogen-bond donors (Lipinski definition) is 1. The molecule has 1 N–H and O–H groups in total. The number of hydrogen-bond acceptors (Lipinski definition) is 4. The first-order valence-corrected chi connectivity index (χ1v) is 8.74. The largest absolute Gasteiger partial charge is 0.383 e. The molecule has 1 rings (SSSR count). The fraction of sp³-hybridized carbons (Fsp3) is 0.600. The Morgan fingerprint density at radius 3 is 2.33 bits per heavy atom. The Morgan fingerprint density at radius 2 is 1.81 bits per heavy atom. The lowest BCUT2D eigenvalue weighted by atomic mass is 10.1. The molecule has 5 nitrogen and oxygen atoms in total. The Labute approximate surface area is 128 Å². The topological polar surface area (TPSA) is 58.6 Å². The lowest BCUT2D eigenvalue weighted by molar-refractivity contribution is 0.149. The van der Waals surface area contributed by atoms with Crippen LogP contribution in [0.4, 0.5) is 0 Å². The van der Waals surface area contributed by atoms with Crippen molar-refractivity contribution in [3.63, 3.8) is 0 Å². The van der Waals surface area contributed by atoms with E-state index in [1.807, 2.05) is 31.2 Å². The Morgan fingerprint density at radius 1 is 1.24 bits per heavy atom. The van der Waals surface area contributed by atoms with Gasteiger partial charge in [0.15, 0.2) is 0 Å². The van der Waals surface area contributed by atoms with Crippen LogP contribution in [-0.2, 0) is 27.1 Å². The summed E-state index contributed by atoms with van der Waals surface area (Å²) in [5.74, 6) is 0.0129. The number of nitrogens with zero attached hydrogens (tertiary/aromatic N) is 1. The molecule has 0 amide bonds. The molecule has 0 aliphatic rings. The van der Waals surface area contributed by atoms with Crippen molar-refractivity contribution in [2.45, 2.75) is 32.2 Å². The van der Waals surface area contributed by atoms with Crippen LogP contribution in [0.5, 0.6) is 0 Å². The molecule has 0 fully saturated rings. The van der Waals surface area contributed by atoms with Crippen molar-refractivity contribution >= 4 is 10.0 Å². The van der Waals surface area contributed by atoms with Gasteiger partial charge in [-0.3, -0.25) is 0 Å². The van der Waals surface area contributed by atoms with Gasteiger partial charge in [0.25, 0.3) is 0 Å². The summed E-state index contributed by atoms with van der Waals surface area (Å²) in [5.41, 5.74) is 1.95. The number of likely N-dealkylation sites (N-methyl/N-ethyl adjacent to an activating group) is 1. The third-order valence-corrected chi connectivity index (χ3v) is 5.35. The summed E-state index contributed by atoms with van der Waals surface area (Å²) >= 11 is 0. The van der Waals surface area contributed by atoms with Crippen LogP contribution in [0.3, 0.4) is 0 Å². The van der Waals surface area contributed by atoms with E-state index in [1.54, 1.807) is 14.2 Å². The fourth-order valence-electron chi connectivity index (χ4n) is 1.96. The van der Waals surface area contributed by atoms with E-state index in [-0.39, 0.29) is 11.8 Å². The van der Waals surface area contributed by atoms with Gasteiger partial charge in [-0.2, -0.15) is 4.31 Å². The standard InChI is InChI=1S/C15H26N2O3S/c1-5-16-10-14-6-8-15(9-7-14)12-21(18,19)17(3)13(2)11-20-4/h6-9,13,16H,5,10-12H2,1-4H3. The Balaban J connectivity index is 2.70. The van der Waals surface area contributed by atoms with Crippen LogP contribution < -0.4 is 5.32 Å². The normalized spacial score (nSPS) is 13.6. The summed E-state index contributed by atoms with van der Waals surface area (Å²) in [6, 6.07) is 7.50. The molecule has 0 aliphatic heterocycles. The zero-order chi connectivity index (χ0) is 15.9. The number of nitrogens with one attached hydrogen (secondary N) is 1. The van der Waals surface area contributed by atoms with Crippen molar-refractivity contribution in [1.29, 1.82) is 0 Å². The first-order chi connectivity index (χ1) is 9.90. The van der Waals surface area contributed by atoms with Crippen molar-refractivity contribution in [2.75, 3.05) is 27.3 Å². The lowest BCUT2D eigenvalue weighted by Gasteiger charge is -2.23. The molecule has 0 radical (unpaired) electrons. The predicted molar refractivity (Wildman–Crippen MR) is 85.5 cm³/mol. The van der Waals surface area contributed by atoms with E-state index in [2.05, 4.69) is 12.2 Å². The molecular formula is C15H26N2O3S. The molecule has 0 saturated carbocycles. The number of benzene rings is 1. The number of methoxy groups -OCH3 is 1. The molecule has 1 aromatic carbocycles. The van der Waals surface area contributed by atoms with Crippen LogP contribution in [0.15, 0.2) is 24.3 Å². The zero-order valence-corrected chi connectivity index (χ0v) is 14.1. The van der Waals surface area contributed by atoms with E-state index in [1.165, 1.54) is 4.31 Å². The molecule has 0 aromatic heterocycles. The quantitative estimate of drug-likeness (QED) is 0.752. The van der Waals surface area contributed by atoms with Gasteiger partial charge >= 0.3 is 0 Å². The third-order valence-electron chi connectivity index (χ3n) is 3.42. The van der Waals surface area contributed by atoms with Crippen molar-refractivity contribution in [2.24, 2.45) is 0 Å². The Hall–Kier alpha value is -0.950. The molecule has 0 bridgehead atoms. The molecule has 1 atom stereocenters. The highest BCUT2D eigenvalue weighted by atomic mass is 32.2. The molecule has 6 heteroatoms. The highest BCUT2D eigenvalue weighted by Gasteiger charge is 2.23. The molecule has 0 spiro atoms. The predicted octanol–water partition coefficient (Wildman–Crippen LogP) is 1.59. The van der Waals surface area contributed by atoms with E-state index < -0.39 is 10.0 Å². The van der Waals surface area contributed by atoms with Gasteiger partial charge < -0.3 is 10.1 Å². The lowest BCUT2D eigenvalue weighted by Crippen LogP contribution is -2.38. The van der Waals surface area contributed by atoms with E-state index in [9.17, 15) is 8.42 Å². The summed E-state index contributed by atoms with van der Waals surface area (Å²) in [6.07, 6.45) is 0. The van der Waals surface area contributed by atoms with E-state index in [0.29, 0.717) is 6.61 Å². The third kappa shape index (κ3) is 5.74. The first-order valence-electron chi connectivity index (χ1n) is 7.14. The average Bonchev–Trinajstić information content (AvgIpc) is 2.45. The van der Waals surface area contributed by atoms with Crippen LogP contribution in [0.25, 0.3) is 0 Å². The van der Waals surface area contributed by atoms with Gasteiger partial charge in [-0.25, -0.2) is 8.42 Å². The molecule has 1 aromatic rings. The summed E-state index contributed by atoms with van der Waals surface area (Å²) in [4.78, 5) is 0. The van der Waals surface area contributed by atoms with Crippen LogP contribution >= 0.6 is 0 Å². The van der Waals surface area contributed by atoms with Gasteiger partial charge in [-0.05, 0) is 24.6 Å². The Bertz CT molecular complexity index is 514. The van der Waals surface area contributed by atoms with Gasteiger partial charge in [0, 0.05) is 26.7 Å². The molecule has 120 valence electrons.